The Kier molecular flexibility index (Phi) is 21.2. The first kappa shape index (κ1) is 58.4. The van der Waals surface area contributed by atoms with Gasteiger partial charge in [-0.15, -0.1) is 0 Å². The van der Waals surface area contributed by atoms with Gasteiger partial charge in [-0.1, -0.05) is 131 Å². The van der Waals surface area contributed by atoms with Crippen LogP contribution in [0, 0.1) is 105 Å². The van der Waals surface area contributed by atoms with Crippen molar-refractivity contribution in [2.75, 3.05) is 78.8 Å². The zero-order valence-corrected chi connectivity index (χ0v) is 49.7. The van der Waals surface area contributed by atoms with Crippen LogP contribution in [0.5, 0.6) is 0 Å². The molecule has 0 saturated heterocycles. The molecule has 73 heavy (non-hydrogen) atoms. The van der Waals surface area contributed by atoms with Crippen molar-refractivity contribution >= 4 is 0 Å². The van der Waals surface area contributed by atoms with E-state index >= 15 is 0 Å². The quantitative estimate of drug-likeness (QED) is 0.0513. The zero-order chi connectivity index (χ0) is 51.8. The molecule has 3 N–H and O–H groups in total. The number of nitrogens with zero attached hydrogens (tertiary/aromatic N) is 1. The summed E-state index contributed by atoms with van der Waals surface area (Å²) in [6.07, 6.45) is 37.6. The number of aliphatic hydroxyl groups is 1. The molecule has 16 atom stereocenters. The fourth-order valence-corrected chi connectivity index (χ4v) is 20.0. The molecular formula is C67H119N3O3. The van der Waals surface area contributed by atoms with Gasteiger partial charge < -0.3 is 25.2 Å². The average molecular weight is 1010 g/mol. The molecule has 0 spiro atoms. The van der Waals surface area contributed by atoms with Gasteiger partial charge in [0.05, 0.1) is 26.4 Å². The van der Waals surface area contributed by atoms with Gasteiger partial charge in [-0.05, 0) is 227 Å². The van der Waals surface area contributed by atoms with Crippen molar-refractivity contribution in [3.8, 4) is 0 Å². The van der Waals surface area contributed by atoms with Crippen molar-refractivity contribution in [2.24, 2.45) is 105 Å². The molecule has 0 radical (unpaired) electrons. The molecule has 6 nitrogen and oxygen atoms in total. The molecule has 0 aromatic heterocycles. The summed E-state index contributed by atoms with van der Waals surface area (Å²) in [4.78, 5) is 2.42. The second kappa shape index (κ2) is 26.5. The number of aliphatic hydroxyl groups excluding tert-OH is 1. The van der Waals surface area contributed by atoms with Crippen LogP contribution in [-0.4, -0.2) is 88.9 Å². The predicted molar refractivity (Wildman–Crippen MR) is 309 cm³/mol. The maximum atomic E-state index is 9.62. The number of hydrogen-bond acceptors (Lipinski definition) is 6. The number of allylic oxidation sites excluding steroid dienone is 4. The van der Waals surface area contributed by atoms with Gasteiger partial charge in [-0.2, -0.15) is 0 Å². The number of hydrogen-bond donors (Lipinski definition) is 3. The van der Waals surface area contributed by atoms with E-state index in [1.54, 1.807) is 0 Å². The molecule has 0 heterocycles. The highest BCUT2D eigenvalue weighted by molar-refractivity contribution is 5.27. The van der Waals surface area contributed by atoms with E-state index in [0.717, 1.165) is 162 Å². The van der Waals surface area contributed by atoms with Gasteiger partial charge in [0.15, 0.2) is 0 Å². The molecule has 420 valence electrons. The zero-order valence-electron chi connectivity index (χ0n) is 49.7. The normalized spacial score (nSPS) is 38.8. The number of rotatable bonds is 29. The van der Waals surface area contributed by atoms with Crippen LogP contribution in [0.2, 0.25) is 0 Å². The van der Waals surface area contributed by atoms with E-state index in [9.17, 15) is 5.11 Å². The smallest absolute Gasteiger partial charge is 0.0594 e. The summed E-state index contributed by atoms with van der Waals surface area (Å²) in [6.45, 7) is 35.7. The van der Waals surface area contributed by atoms with Gasteiger partial charge in [-0.3, -0.25) is 4.90 Å². The SMILES string of the molecule is CC(C)CCC[C@@H](C)[C@H]1CCC2C3CC=C4C[C@@H](CNCCOCCN(CCCO)CCOCCNC[C@@H]5CC[C@]6(C)C(=CC[C@@H]7[C@H]8CC[C@H]([C@@H](C)CCCC(C)C)[C@]8(C)CC[C@H]76)C5)CC[C@]4(C)C3CC[C@@]21C. The minimum atomic E-state index is 0.236. The summed E-state index contributed by atoms with van der Waals surface area (Å²) in [5.74, 6) is 12.4. The lowest BCUT2D eigenvalue weighted by molar-refractivity contribution is -0.0527. The van der Waals surface area contributed by atoms with Crippen molar-refractivity contribution in [1.82, 2.24) is 15.5 Å². The first-order valence-electron chi connectivity index (χ1n) is 32.4. The Balaban J connectivity index is 0.670. The summed E-state index contributed by atoms with van der Waals surface area (Å²) in [7, 11) is 0. The maximum absolute atomic E-state index is 9.62. The molecule has 0 amide bonds. The molecule has 8 rings (SSSR count). The molecule has 8 aliphatic rings. The molecule has 6 heteroatoms. The standard InChI is InChI=1S/C67H119N3O3/c1-48(2)14-11-16-50(5)58-22-24-60-56-20-18-54-44-52(26-30-64(54,7)62(56)28-32-66(58,60)9)46-68-34-40-72-42-37-70(36-13-39-71)38-43-73-41-35-69-47-53-27-31-65(8)55(45-53)19-21-57-61-25-23-59(51(6)17-12-15-49(3)4)67(61,10)33-29-63(57)65/h18-19,48-53,56-63,68-69,71H,11-17,20-47H2,1-10H3/t50-,51+,52+,53-,56+,57?,58+,59+,60+,61?,62+,63?,64+,65-,66-,67+/m0/s1. The molecule has 6 saturated carbocycles. The second-order valence-corrected chi connectivity index (χ2v) is 29.3. The molecule has 0 aromatic carbocycles. The van der Waals surface area contributed by atoms with Crippen LogP contribution < -0.4 is 10.6 Å². The molecule has 0 aromatic rings. The molecule has 8 aliphatic carbocycles. The Labute approximate surface area is 451 Å². The van der Waals surface area contributed by atoms with Gasteiger partial charge >= 0.3 is 0 Å². The third-order valence-electron chi connectivity index (χ3n) is 24.3. The fourth-order valence-electron chi connectivity index (χ4n) is 20.0. The van der Waals surface area contributed by atoms with Gasteiger partial charge in [-0.25, -0.2) is 0 Å². The summed E-state index contributed by atoms with van der Waals surface area (Å²) < 4.78 is 12.4. The average Bonchev–Trinajstić information content (AvgIpc) is 3.91. The van der Waals surface area contributed by atoms with E-state index in [2.05, 4.69) is 96.9 Å². The number of ether oxygens (including phenoxy) is 2. The topological polar surface area (TPSA) is 66.0 Å². The van der Waals surface area contributed by atoms with E-state index in [4.69, 9.17) is 9.47 Å². The molecule has 0 aliphatic heterocycles. The lowest BCUT2D eigenvalue weighted by Crippen LogP contribution is -2.50. The second-order valence-electron chi connectivity index (χ2n) is 29.3. The lowest BCUT2D eigenvalue weighted by Gasteiger charge is -2.58. The number of nitrogens with one attached hydrogen (secondary N) is 2. The summed E-state index contributed by atoms with van der Waals surface area (Å²) in [5.41, 5.74) is 5.69. The highest BCUT2D eigenvalue weighted by Crippen LogP contribution is 2.69. The predicted octanol–water partition coefficient (Wildman–Crippen LogP) is 15.2. The molecule has 3 unspecified atom stereocenters. The van der Waals surface area contributed by atoms with Gasteiger partial charge in [0.1, 0.15) is 0 Å². The van der Waals surface area contributed by atoms with Gasteiger partial charge in [0.25, 0.3) is 0 Å². The first-order valence-corrected chi connectivity index (χ1v) is 32.4. The Bertz CT molecular complexity index is 1620. The fraction of sp³-hybridized carbons (Fsp3) is 0.940. The van der Waals surface area contributed by atoms with Crippen LogP contribution >= 0.6 is 0 Å². The summed E-state index contributed by atoms with van der Waals surface area (Å²) in [5, 5.41) is 17.2. The largest absolute Gasteiger partial charge is 0.396 e. The lowest BCUT2D eigenvalue weighted by atomic mass is 9.46. The summed E-state index contributed by atoms with van der Waals surface area (Å²) >= 11 is 0. The van der Waals surface area contributed by atoms with Crippen molar-refractivity contribution in [2.45, 2.75) is 217 Å². The number of fused-ring (bicyclic) bond motifs is 10. The molecule has 6 fully saturated rings. The van der Waals surface area contributed by atoms with Crippen LogP contribution in [0.3, 0.4) is 0 Å². The highest BCUT2D eigenvalue weighted by Gasteiger charge is 2.61. The van der Waals surface area contributed by atoms with Crippen LogP contribution in [0.4, 0.5) is 0 Å². The van der Waals surface area contributed by atoms with Crippen LogP contribution in [-0.2, 0) is 9.47 Å². The van der Waals surface area contributed by atoms with E-state index in [1.165, 1.54) is 141 Å². The Morgan fingerprint density at radius 2 is 0.986 bits per heavy atom. The van der Waals surface area contributed by atoms with Crippen molar-refractivity contribution in [3.05, 3.63) is 23.3 Å². The third kappa shape index (κ3) is 13.5. The monoisotopic (exact) mass is 1010 g/mol. The minimum absolute atomic E-state index is 0.236. The van der Waals surface area contributed by atoms with Crippen LogP contribution in [0.1, 0.15) is 217 Å². The highest BCUT2D eigenvalue weighted by atomic mass is 16.5. The van der Waals surface area contributed by atoms with Crippen molar-refractivity contribution in [3.63, 3.8) is 0 Å². The Morgan fingerprint density at radius 3 is 1.41 bits per heavy atom. The third-order valence-corrected chi connectivity index (χ3v) is 24.3. The molecular weight excluding hydrogens is 895 g/mol. The van der Waals surface area contributed by atoms with E-state index in [1.807, 2.05) is 11.1 Å². The van der Waals surface area contributed by atoms with Gasteiger partial charge in [0, 0.05) is 39.3 Å². The molecule has 0 bridgehead atoms. The maximum Gasteiger partial charge on any atom is 0.0594 e. The summed E-state index contributed by atoms with van der Waals surface area (Å²) in [6, 6.07) is 0. The first-order chi connectivity index (χ1) is 35.1. The van der Waals surface area contributed by atoms with E-state index in [0.29, 0.717) is 21.7 Å². The minimum Gasteiger partial charge on any atom is -0.396 e. The van der Waals surface area contributed by atoms with Gasteiger partial charge in [0.2, 0.25) is 0 Å². The van der Waals surface area contributed by atoms with Crippen LogP contribution in [0.25, 0.3) is 0 Å². The van der Waals surface area contributed by atoms with E-state index < -0.39 is 0 Å². The van der Waals surface area contributed by atoms with Crippen LogP contribution in [0.15, 0.2) is 23.3 Å². The van der Waals surface area contributed by atoms with E-state index in [-0.39, 0.29) is 6.61 Å². The Morgan fingerprint density at radius 1 is 0.534 bits per heavy atom. The van der Waals surface area contributed by atoms with Crippen molar-refractivity contribution < 1.29 is 14.6 Å². The Hall–Kier alpha value is -0.760. The van der Waals surface area contributed by atoms with Crippen molar-refractivity contribution in [1.29, 1.82) is 0 Å².